The lowest BCUT2D eigenvalue weighted by Gasteiger charge is -2.12. The average molecular weight is 164 g/mol. The second-order valence-corrected chi connectivity index (χ2v) is 3.15. The van der Waals surface area contributed by atoms with Crippen molar-refractivity contribution >= 4 is 5.69 Å². The summed E-state index contributed by atoms with van der Waals surface area (Å²) in [7, 11) is 4.09. The Morgan fingerprint density at radius 2 is 2.17 bits per heavy atom. The summed E-state index contributed by atoms with van der Waals surface area (Å²) in [4.78, 5) is 6.38. The van der Waals surface area contributed by atoms with Gasteiger partial charge in [-0.1, -0.05) is 13.3 Å². The molecule has 0 saturated carbocycles. The lowest BCUT2D eigenvalue weighted by Crippen LogP contribution is -2.09. The van der Waals surface area contributed by atoms with E-state index in [1.54, 1.807) is 0 Å². The SMILES string of the molecule is CCCc1cc(N(C)C)ccn1. The van der Waals surface area contributed by atoms with Crippen LogP contribution < -0.4 is 4.90 Å². The summed E-state index contributed by atoms with van der Waals surface area (Å²) >= 11 is 0. The average Bonchev–Trinajstić information content (AvgIpc) is 2.05. The van der Waals surface area contributed by atoms with Crippen molar-refractivity contribution in [1.29, 1.82) is 0 Å². The van der Waals surface area contributed by atoms with Crippen LogP contribution in [0.3, 0.4) is 0 Å². The van der Waals surface area contributed by atoms with Gasteiger partial charge in [-0.05, 0) is 18.6 Å². The quantitative estimate of drug-likeness (QED) is 0.680. The lowest BCUT2D eigenvalue weighted by molar-refractivity contribution is 0.880. The molecule has 2 nitrogen and oxygen atoms in total. The van der Waals surface area contributed by atoms with Crippen LogP contribution in [0.25, 0.3) is 0 Å². The third-order valence-electron chi connectivity index (χ3n) is 1.82. The van der Waals surface area contributed by atoms with Crippen molar-refractivity contribution in [2.24, 2.45) is 0 Å². The Kier molecular flexibility index (Phi) is 3.09. The van der Waals surface area contributed by atoms with Gasteiger partial charge in [0.25, 0.3) is 0 Å². The standard InChI is InChI=1S/C10H16N2/c1-4-5-9-8-10(12(2)3)6-7-11-9/h6-8H,4-5H2,1-3H3. The van der Waals surface area contributed by atoms with Crippen LogP contribution in [0, 0.1) is 0 Å². The van der Waals surface area contributed by atoms with E-state index >= 15 is 0 Å². The summed E-state index contributed by atoms with van der Waals surface area (Å²) < 4.78 is 0. The fourth-order valence-corrected chi connectivity index (χ4v) is 1.14. The summed E-state index contributed by atoms with van der Waals surface area (Å²) in [5.74, 6) is 0. The topological polar surface area (TPSA) is 16.1 Å². The van der Waals surface area contributed by atoms with E-state index in [0.717, 1.165) is 12.8 Å². The van der Waals surface area contributed by atoms with Crippen molar-refractivity contribution in [2.45, 2.75) is 19.8 Å². The lowest BCUT2D eigenvalue weighted by atomic mass is 10.2. The third-order valence-corrected chi connectivity index (χ3v) is 1.82. The molecule has 0 bridgehead atoms. The molecule has 0 radical (unpaired) electrons. The maximum Gasteiger partial charge on any atom is 0.0424 e. The van der Waals surface area contributed by atoms with Gasteiger partial charge in [-0.15, -0.1) is 0 Å². The minimum absolute atomic E-state index is 1.07. The molecule has 1 heterocycles. The van der Waals surface area contributed by atoms with Crippen molar-refractivity contribution in [2.75, 3.05) is 19.0 Å². The van der Waals surface area contributed by atoms with Crippen LogP contribution in [0.15, 0.2) is 18.3 Å². The summed E-state index contributed by atoms with van der Waals surface area (Å²) in [5, 5.41) is 0. The highest BCUT2D eigenvalue weighted by Crippen LogP contribution is 2.11. The van der Waals surface area contributed by atoms with E-state index < -0.39 is 0 Å². The first-order valence-corrected chi connectivity index (χ1v) is 4.36. The molecule has 12 heavy (non-hydrogen) atoms. The molecule has 0 aliphatic carbocycles. The van der Waals surface area contributed by atoms with Gasteiger partial charge in [0, 0.05) is 31.7 Å². The fraction of sp³-hybridized carbons (Fsp3) is 0.500. The Bertz CT molecular complexity index is 243. The van der Waals surface area contributed by atoms with Gasteiger partial charge in [0.2, 0.25) is 0 Å². The largest absolute Gasteiger partial charge is 0.378 e. The summed E-state index contributed by atoms with van der Waals surface area (Å²) in [6.45, 7) is 2.17. The van der Waals surface area contributed by atoms with Gasteiger partial charge in [-0.2, -0.15) is 0 Å². The van der Waals surface area contributed by atoms with Gasteiger partial charge < -0.3 is 4.90 Å². The van der Waals surface area contributed by atoms with Crippen LogP contribution in [0.2, 0.25) is 0 Å². The van der Waals surface area contributed by atoms with Crippen molar-refractivity contribution in [3.8, 4) is 0 Å². The van der Waals surface area contributed by atoms with Crippen molar-refractivity contribution in [1.82, 2.24) is 4.98 Å². The maximum atomic E-state index is 4.28. The van der Waals surface area contributed by atoms with Crippen LogP contribution in [0.1, 0.15) is 19.0 Å². The number of anilines is 1. The molecule has 0 spiro atoms. The molecule has 1 aromatic heterocycles. The van der Waals surface area contributed by atoms with Crippen molar-refractivity contribution < 1.29 is 0 Å². The van der Waals surface area contributed by atoms with Gasteiger partial charge in [0.1, 0.15) is 0 Å². The molecule has 66 valence electrons. The van der Waals surface area contributed by atoms with E-state index in [2.05, 4.69) is 22.9 Å². The van der Waals surface area contributed by atoms with Gasteiger partial charge in [0.05, 0.1) is 0 Å². The minimum Gasteiger partial charge on any atom is -0.378 e. The van der Waals surface area contributed by atoms with Gasteiger partial charge in [-0.25, -0.2) is 0 Å². The number of hydrogen-bond donors (Lipinski definition) is 0. The Balaban J connectivity index is 2.81. The van der Waals surface area contributed by atoms with Crippen molar-refractivity contribution in [3.63, 3.8) is 0 Å². The molecule has 0 aliphatic rings. The second kappa shape index (κ2) is 4.10. The first kappa shape index (κ1) is 9.04. The molecule has 0 amide bonds. The fourth-order valence-electron chi connectivity index (χ4n) is 1.14. The highest BCUT2D eigenvalue weighted by Gasteiger charge is 1.96. The first-order valence-electron chi connectivity index (χ1n) is 4.36. The van der Waals surface area contributed by atoms with E-state index in [-0.39, 0.29) is 0 Å². The van der Waals surface area contributed by atoms with Crippen LogP contribution in [-0.2, 0) is 6.42 Å². The molecule has 1 rings (SSSR count). The van der Waals surface area contributed by atoms with E-state index in [1.165, 1.54) is 11.4 Å². The predicted molar refractivity (Wildman–Crippen MR) is 52.6 cm³/mol. The number of aryl methyl sites for hydroxylation is 1. The summed E-state index contributed by atoms with van der Waals surface area (Å²) in [5.41, 5.74) is 2.41. The molecular weight excluding hydrogens is 148 g/mol. The molecule has 0 N–H and O–H groups in total. The third kappa shape index (κ3) is 2.22. The number of pyridine rings is 1. The van der Waals surface area contributed by atoms with E-state index in [0.29, 0.717) is 0 Å². The monoisotopic (exact) mass is 164 g/mol. The highest BCUT2D eigenvalue weighted by molar-refractivity contribution is 5.44. The van der Waals surface area contributed by atoms with E-state index in [4.69, 9.17) is 0 Å². The van der Waals surface area contributed by atoms with E-state index in [9.17, 15) is 0 Å². The van der Waals surface area contributed by atoms with Gasteiger partial charge in [-0.3, -0.25) is 4.98 Å². The Labute approximate surface area is 74.2 Å². The number of nitrogens with zero attached hydrogens (tertiary/aromatic N) is 2. The first-order chi connectivity index (χ1) is 5.74. The Morgan fingerprint density at radius 1 is 1.42 bits per heavy atom. The van der Waals surface area contributed by atoms with Gasteiger partial charge >= 0.3 is 0 Å². The molecule has 0 unspecified atom stereocenters. The molecule has 2 heteroatoms. The summed E-state index contributed by atoms with van der Waals surface area (Å²) in [6, 6.07) is 4.17. The maximum absolute atomic E-state index is 4.28. The molecule has 1 aromatic rings. The Morgan fingerprint density at radius 3 is 2.75 bits per heavy atom. The molecule has 0 aromatic carbocycles. The van der Waals surface area contributed by atoms with Crippen LogP contribution in [0.5, 0.6) is 0 Å². The van der Waals surface area contributed by atoms with Crippen molar-refractivity contribution in [3.05, 3.63) is 24.0 Å². The van der Waals surface area contributed by atoms with E-state index in [1.807, 2.05) is 26.4 Å². The molecular formula is C10H16N2. The van der Waals surface area contributed by atoms with Crippen LogP contribution in [0.4, 0.5) is 5.69 Å². The normalized spacial score (nSPS) is 9.92. The molecule has 0 atom stereocenters. The highest BCUT2D eigenvalue weighted by atomic mass is 15.1. The zero-order valence-electron chi connectivity index (χ0n) is 8.04. The Hall–Kier alpha value is -1.05. The number of rotatable bonds is 3. The minimum atomic E-state index is 1.07. The molecule has 0 aliphatic heterocycles. The number of hydrogen-bond acceptors (Lipinski definition) is 2. The van der Waals surface area contributed by atoms with Crippen LogP contribution >= 0.6 is 0 Å². The predicted octanol–water partition coefficient (Wildman–Crippen LogP) is 2.10. The molecule has 0 fully saturated rings. The zero-order valence-corrected chi connectivity index (χ0v) is 8.04. The summed E-state index contributed by atoms with van der Waals surface area (Å²) in [6.07, 6.45) is 4.10. The molecule has 0 saturated heterocycles. The number of aromatic nitrogens is 1. The zero-order chi connectivity index (χ0) is 8.97. The van der Waals surface area contributed by atoms with Crippen LogP contribution in [-0.4, -0.2) is 19.1 Å². The van der Waals surface area contributed by atoms with Gasteiger partial charge in [0.15, 0.2) is 0 Å². The smallest absolute Gasteiger partial charge is 0.0424 e. The second-order valence-electron chi connectivity index (χ2n) is 3.15.